The molecular weight excluding hydrogens is 292 g/mol. The number of carbonyl (C=O) groups excluding carboxylic acids is 1. The molecule has 2 fully saturated rings. The predicted octanol–water partition coefficient (Wildman–Crippen LogP) is 0.168. The van der Waals surface area contributed by atoms with Gasteiger partial charge in [-0.15, -0.1) is 0 Å². The molecule has 0 bridgehead atoms. The Bertz CT molecular complexity index is 471. The maximum atomic E-state index is 13.0. The monoisotopic (exact) mass is 318 g/mol. The van der Waals surface area contributed by atoms with E-state index in [1.54, 1.807) is 12.0 Å². The Morgan fingerprint density at radius 3 is 2.52 bits per heavy atom. The molecule has 0 spiro atoms. The molecule has 1 aliphatic heterocycles. The van der Waals surface area contributed by atoms with Crippen LogP contribution in [0.2, 0.25) is 0 Å². The van der Waals surface area contributed by atoms with Gasteiger partial charge in [-0.2, -0.15) is 0 Å². The highest BCUT2D eigenvalue weighted by molar-refractivity contribution is 7.91. The van der Waals surface area contributed by atoms with Crippen molar-refractivity contribution in [1.82, 2.24) is 4.90 Å². The molecule has 122 valence electrons. The lowest BCUT2D eigenvalue weighted by Crippen LogP contribution is -2.52. The van der Waals surface area contributed by atoms with Gasteiger partial charge in [0.2, 0.25) is 5.91 Å². The predicted molar refractivity (Wildman–Crippen MR) is 80.6 cm³/mol. The Morgan fingerprint density at radius 2 is 2.05 bits per heavy atom. The van der Waals surface area contributed by atoms with Crippen molar-refractivity contribution in [2.45, 2.75) is 38.1 Å². The van der Waals surface area contributed by atoms with Crippen molar-refractivity contribution in [3.8, 4) is 0 Å². The Balaban J connectivity index is 2.17. The summed E-state index contributed by atoms with van der Waals surface area (Å²) in [4.78, 5) is 14.7. The van der Waals surface area contributed by atoms with Crippen LogP contribution < -0.4 is 5.73 Å². The van der Waals surface area contributed by atoms with Crippen molar-refractivity contribution < 1.29 is 17.9 Å². The second kappa shape index (κ2) is 6.62. The molecule has 2 aliphatic rings. The van der Waals surface area contributed by atoms with E-state index >= 15 is 0 Å². The molecular formula is C14H26N2O4S. The number of rotatable bonds is 6. The highest BCUT2D eigenvalue weighted by atomic mass is 32.2. The average Bonchev–Trinajstić information content (AvgIpc) is 3.06. The van der Waals surface area contributed by atoms with E-state index in [1.165, 1.54) is 0 Å². The van der Waals surface area contributed by atoms with Crippen LogP contribution in [0.4, 0.5) is 0 Å². The van der Waals surface area contributed by atoms with Gasteiger partial charge < -0.3 is 15.4 Å². The third-order valence-corrected chi connectivity index (χ3v) is 6.60. The Kier molecular flexibility index (Phi) is 5.27. The normalized spacial score (nSPS) is 26.9. The second-order valence-corrected chi connectivity index (χ2v) is 8.47. The van der Waals surface area contributed by atoms with Crippen LogP contribution in [-0.2, 0) is 19.4 Å². The Hall–Kier alpha value is -0.660. The summed E-state index contributed by atoms with van der Waals surface area (Å²) in [5, 5.41) is 0. The molecule has 1 saturated carbocycles. The number of nitrogens with zero attached hydrogens (tertiary/aromatic N) is 1. The first-order valence-electron chi connectivity index (χ1n) is 7.65. The van der Waals surface area contributed by atoms with Gasteiger partial charge in [-0.05, 0) is 19.3 Å². The number of hydrogen-bond donors (Lipinski definition) is 1. The molecule has 0 aromatic rings. The zero-order chi connectivity index (χ0) is 15.5. The molecule has 2 rings (SSSR count). The summed E-state index contributed by atoms with van der Waals surface area (Å²) in [7, 11) is -1.43. The summed E-state index contributed by atoms with van der Waals surface area (Å²) in [6.45, 7) is 1.20. The van der Waals surface area contributed by atoms with Crippen LogP contribution in [0.3, 0.4) is 0 Å². The summed E-state index contributed by atoms with van der Waals surface area (Å²) in [6, 6.07) is -0.221. The van der Waals surface area contributed by atoms with Crippen molar-refractivity contribution in [3.05, 3.63) is 0 Å². The maximum absolute atomic E-state index is 13.0. The lowest BCUT2D eigenvalue weighted by molar-refractivity contribution is -0.144. The van der Waals surface area contributed by atoms with Crippen LogP contribution in [0.5, 0.6) is 0 Å². The number of sulfone groups is 1. The van der Waals surface area contributed by atoms with Crippen molar-refractivity contribution in [2.24, 2.45) is 11.1 Å². The molecule has 0 aromatic heterocycles. The van der Waals surface area contributed by atoms with Gasteiger partial charge in [-0.3, -0.25) is 4.79 Å². The van der Waals surface area contributed by atoms with Crippen molar-refractivity contribution in [1.29, 1.82) is 0 Å². The molecule has 1 saturated heterocycles. The zero-order valence-corrected chi connectivity index (χ0v) is 13.5. The van der Waals surface area contributed by atoms with Gasteiger partial charge in [0.25, 0.3) is 0 Å². The first kappa shape index (κ1) is 16.7. The van der Waals surface area contributed by atoms with Gasteiger partial charge in [-0.1, -0.05) is 12.8 Å². The molecule has 1 atom stereocenters. The summed E-state index contributed by atoms with van der Waals surface area (Å²) in [5.74, 6) is 0.273. The van der Waals surface area contributed by atoms with Gasteiger partial charge in [0.15, 0.2) is 9.84 Å². The minimum absolute atomic E-state index is 0.0293. The first-order valence-corrected chi connectivity index (χ1v) is 9.47. The fourth-order valence-corrected chi connectivity index (χ4v) is 5.25. The third kappa shape index (κ3) is 3.57. The van der Waals surface area contributed by atoms with Gasteiger partial charge >= 0.3 is 0 Å². The molecule has 1 unspecified atom stereocenters. The lowest BCUT2D eigenvalue weighted by Gasteiger charge is -2.36. The zero-order valence-electron chi connectivity index (χ0n) is 12.7. The third-order valence-electron chi connectivity index (χ3n) is 4.85. The van der Waals surface area contributed by atoms with Gasteiger partial charge in [0, 0.05) is 26.2 Å². The summed E-state index contributed by atoms with van der Waals surface area (Å²) >= 11 is 0. The van der Waals surface area contributed by atoms with E-state index in [2.05, 4.69) is 0 Å². The van der Waals surface area contributed by atoms with E-state index in [4.69, 9.17) is 10.5 Å². The molecule has 6 nitrogen and oxygen atoms in total. The molecule has 2 N–H and O–H groups in total. The SMILES string of the molecule is COCCN(C(=O)C1(CN)CCCC1)C1CCS(=O)(=O)C1. The molecule has 0 aromatic carbocycles. The van der Waals surface area contributed by atoms with Crippen LogP contribution in [0, 0.1) is 5.41 Å². The summed E-state index contributed by atoms with van der Waals surface area (Å²) in [6.07, 6.45) is 4.18. The summed E-state index contributed by atoms with van der Waals surface area (Å²) < 4.78 is 28.5. The van der Waals surface area contributed by atoms with Crippen LogP contribution in [-0.4, -0.2) is 63.6 Å². The fourth-order valence-electron chi connectivity index (χ4n) is 3.52. The van der Waals surface area contributed by atoms with Gasteiger partial charge in [-0.25, -0.2) is 8.42 Å². The molecule has 0 radical (unpaired) electrons. The van der Waals surface area contributed by atoms with E-state index in [1.807, 2.05) is 0 Å². The van der Waals surface area contributed by atoms with Crippen LogP contribution >= 0.6 is 0 Å². The quantitative estimate of drug-likeness (QED) is 0.754. The van der Waals surface area contributed by atoms with Gasteiger partial charge in [0.05, 0.1) is 23.5 Å². The summed E-state index contributed by atoms with van der Waals surface area (Å²) in [5.41, 5.74) is 5.41. The van der Waals surface area contributed by atoms with Crippen molar-refractivity contribution in [3.63, 3.8) is 0 Å². The molecule has 7 heteroatoms. The molecule has 1 aliphatic carbocycles. The van der Waals surface area contributed by atoms with Crippen molar-refractivity contribution in [2.75, 3.05) is 38.3 Å². The average molecular weight is 318 g/mol. The molecule has 21 heavy (non-hydrogen) atoms. The van der Waals surface area contributed by atoms with E-state index < -0.39 is 15.3 Å². The topological polar surface area (TPSA) is 89.7 Å². The van der Waals surface area contributed by atoms with E-state index in [0.29, 0.717) is 26.1 Å². The van der Waals surface area contributed by atoms with E-state index in [-0.39, 0.29) is 23.5 Å². The Morgan fingerprint density at radius 1 is 1.38 bits per heavy atom. The van der Waals surface area contributed by atoms with E-state index in [9.17, 15) is 13.2 Å². The maximum Gasteiger partial charge on any atom is 0.230 e. The standard InChI is InChI=1S/C14H26N2O4S/c1-20-8-7-16(12-4-9-21(18,19)10-12)13(17)14(11-15)5-2-3-6-14/h12H,2-11,15H2,1H3. The fraction of sp³-hybridized carbons (Fsp3) is 0.929. The number of methoxy groups -OCH3 is 1. The minimum atomic E-state index is -3.02. The van der Waals surface area contributed by atoms with Gasteiger partial charge in [0.1, 0.15) is 0 Å². The van der Waals surface area contributed by atoms with Crippen LogP contribution in [0.15, 0.2) is 0 Å². The number of nitrogens with two attached hydrogens (primary N) is 1. The Labute approximate surface area is 126 Å². The molecule has 1 heterocycles. The van der Waals surface area contributed by atoms with E-state index in [0.717, 1.165) is 25.7 Å². The lowest BCUT2D eigenvalue weighted by atomic mass is 9.84. The largest absolute Gasteiger partial charge is 0.383 e. The number of amides is 1. The highest BCUT2D eigenvalue weighted by Gasteiger charge is 2.45. The highest BCUT2D eigenvalue weighted by Crippen LogP contribution is 2.39. The van der Waals surface area contributed by atoms with Crippen LogP contribution in [0.25, 0.3) is 0 Å². The van der Waals surface area contributed by atoms with Crippen LogP contribution in [0.1, 0.15) is 32.1 Å². The number of carbonyl (C=O) groups is 1. The smallest absolute Gasteiger partial charge is 0.230 e. The number of ether oxygens (including phenoxy) is 1. The van der Waals surface area contributed by atoms with Crippen molar-refractivity contribution >= 4 is 15.7 Å². The first-order chi connectivity index (χ1) is 9.94. The minimum Gasteiger partial charge on any atom is -0.383 e. The molecule has 1 amide bonds. The second-order valence-electron chi connectivity index (χ2n) is 6.24. The number of hydrogen-bond acceptors (Lipinski definition) is 5.